The van der Waals surface area contributed by atoms with Crippen LogP contribution in [0.5, 0.6) is 5.75 Å². The Morgan fingerprint density at radius 2 is 1.92 bits per heavy atom. The summed E-state index contributed by atoms with van der Waals surface area (Å²) in [4.78, 5) is 26.6. The topological polar surface area (TPSA) is 94.4 Å². The van der Waals surface area contributed by atoms with Gasteiger partial charge in [-0.25, -0.2) is 0 Å². The van der Waals surface area contributed by atoms with E-state index in [1.807, 2.05) is 18.2 Å². The van der Waals surface area contributed by atoms with E-state index in [-0.39, 0.29) is 12.3 Å². The number of pyridine rings is 1. The summed E-state index contributed by atoms with van der Waals surface area (Å²) >= 11 is 6.89. The number of ether oxygens (including phenoxy) is 1. The number of carbonyl (C=O) groups is 1. The summed E-state index contributed by atoms with van der Waals surface area (Å²) in [6, 6.07) is 11.1. The Labute approximate surface area is 164 Å². The Morgan fingerprint density at radius 3 is 2.62 bits per heavy atom. The van der Waals surface area contributed by atoms with Crippen molar-refractivity contribution in [1.82, 2.24) is 4.98 Å². The van der Waals surface area contributed by atoms with E-state index in [1.54, 1.807) is 6.20 Å². The fraction of sp³-hybridized carbons (Fsp3) is 0.0588. The van der Waals surface area contributed by atoms with Crippen molar-refractivity contribution < 1.29 is 14.5 Å². The van der Waals surface area contributed by atoms with Crippen molar-refractivity contribution in [2.45, 2.75) is 0 Å². The van der Waals surface area contributed by atoms with Gasteiger partial charge in [0.15, 0.2) is 12.4 Å². The Bertz CT molecular complexity index is 993. The van der Waals surface area contributed by atoms with Crippen molar-refractivity contribution in [2.75, 3.05) is 11.9 Å². The molecule has 9 heteroatoms. The summed E-state index contributed by atoms with van der Waals surface area (Å²) in [7, 11) is 0. The van der Waals surface area contributed by atoms with Crippen LogP contribution in [0.4, 0.5) is 11.4 Å². The van der Waals surface area contributed by atoms with E-state index in [2.05, 4.69) is 42.2 Å². The van der Waals surface area contributed by atoms with Crippen molar-refractivity contribution in [1.29, 1.82) is 0 Å². The molecule has 0 fully saturated rings. The molecule has 26 heavy (non-hydrogen) atoms. The van der Waals surface area contributed by atoms with E-state index in [1.165, 1.54) is 24.3 Å². The van der Waals surface area contributed by atoms with Crippen LogP contribution in [0.25, 0.3) is 10.9 Å². The lowest BCUT2D eigenvalue weighted by Gasteiger charge is -2.12. The number of halogens is 2. The minimum atomic E-state index is -0.502. The van der Waals surface area contributed by atoms with E-state index < -0.39 is 10.8 Å². The van der Waals surface area contributed by atoms with Gasteiger partial charge in [0.2, 0.25) is 0 Å². The Morgan fingerprint density at radius 1 is 1.19 bits per heavy atom. The molecule has 0 spiro atoms. The molecule has 0 aliphatic rings. The molecule has 3 rings (SSSR count). The zero-order valence-corrected chi connectivity index (χ0v) is 16.3. The average Bonchev–Trinajstić information content (AvgIpc) is 2.62. The molecule has 7 nitrogen and oxygen atoms in total. The molecule has 0 saturated carbocycles. The summed E-state index contributed by atoms with van der Waals surface area (Å²) < 4.78 is 7.17. The third-order valence-electron chi connectivity index (χ3n) is 3.46. The van der Waals surface area contributed by atoms with Gasteiger partial charge < -0.3 is 10.1 Å². The molecule has 2 aromatic carbocycles. The van der Waals surface area contributed by atoms with E-state index in [4.69, 9.17) is 4.74 Å². The molecule has 0 bridgehead atoms. The standard InChI is InChI=1S/C17H11Br2N3O4/c18-13-8-14(19)17(16-12(13)2-1-7-20-16)26-9-15(23)21-10-3-5-11(6-4-10)22(24)25/h1-8H,9H2,(H,21,23). The van der Waals surface area contributed by atoms with Crippen LogP contribution in [0.15, 0.2) is 57.6 Å². The number of anilines is 1. The first-order valence-electron chi connectivity index (χ1n) is 7.35. The summed E-state index contributed by atoms with van der Waals surface area (Å²) in [5.74, 6) is 0.0698. The summed E-state index contributed by atoms with van der Waals surface area (Å²) in [5, 5.41) is 14.1. The molecule has 1 amide bonds. The third-order valence-corrected chi connectivity index (χ3v) is 4.71. The van der Waals surface area contributed by atoms with Crippen LogP contribution in [0.3, 0.4) is 0 Å². The number of nitrogens with zero attached hydrogens (tertiary/aromatic N) is 2. The number of nitro benzene ring substituents is 1. The zero-order valence-electron chi connectivity index (χ0n) is 13.1. The highest BCUT2D eigenvalue weighted by molar-refractivity contribution is 9.11. The fourth-order valence-electron chi connectivity index (χ4n) is 2.29. The van der Waals surface area contributed by atoms with Crippen molar-refractivity contribution in [3.63, 3.8) is 0 Å². The van der Waals surface area contributed by atoms with Gasteiger partial charge in [0, 0.05) is 33.9 Å². The first kappa shape index (κ1) is 18.3. The van der Waals surface area contributed by atoms with Crippen molar-refractivity contribution in [2.24, 2.45) is 0 Å². The lowest BCUT2D eigenvalue weighted by Crippen LogP contribution is -2.20. The molecule has 1 N–H and O–H groups in total. The minimum Gasteiger partial charge on any atom is -0.480 e. The number of aromatic nitrogens is 1. The van der Waals surface area contributed by atoms with Crippen molar-refractivity contribution >= 4 is 60.0 Å². The monoisotopic (exact) mass is 479 g/mol. The molecule has 0 unspecified atom stereocenters. The van der Waals surface area contributed by atoms with Gasteiger partial charge in [0.05, 0.1) is 9.40 Å². The smallest absolute Gasteiger partial charge is 0.269 e. The normalized spacial score (nSPS) is 10.5. The Hall–Kier alpha value is -2.52. The average molecular weight is 481 g/mol. The number of hydrogen-bond acceptors (Lipinski definition) is 5. The number of non-ortho nitro benzene ring substituents is 1. The minimum absolute atomic E-state index is 0.0458. The molecule has 0 aliphatic heterocycles. The van der Waals surface area contributed by atoms with Gasteiger partial charge in [0.1, 0.15) is 5.52 Å². The molecule has 0 radical (unpaired) electrons. The lowest BCUT2D eigenvalue weighted by molar-refractivity contribution is -0.384. The molecule has 0 atom stereocenters. The number of rotatable bonds is 5. The van der Waals surface area contributed by atoms with Crippen LogP contribution < -0.4 is 10.1 Å². The lowest BCUT2D eigenvalue weighted by atomic mass is 10.2. The molecular formula is C17H11Br2N3O4. The van der Waals surface area contributed by atoms with Crippen LogP contribution in [0, 0.1) is 10.1 Å². The van der Waals surface area contributed by atoms with Gasteiger partial charge in [0.25, 0.3) is 11.6 Å². The van der Waals surface area contributed by atoms with Crippen LogP contribution >= 0.6 is 31.9 Å². The first-order valence-corrected chi connectivity index (χ1v) is 8.94. The number of amides is 1. The maximum Gasteiger partial charge on any atom is 0.269 e. The number of nitrogens with one attached hydrogen (secondary N) is 1. The van der Waals surface area contributed by atoms with E-state index in [9.17, 15) is 14.9 Å². The highest BCUT2D eigenvalue weighted by Gasteiger charge is 2.14. The van der Waals surface area contributed by atoms with Gasteiger partial charge in [-0.3, -0.25) is 19.9 Å². The highest BCUT2D eigenvalue weighted by atomic mass is 79.9. The highest BCUT2D eigenvalue weighted by Crippen LogP contribution is 2.37. The van der Waals surface area contributed by atoms with Crippen LogP contribution in [-0.4, -0.2) is 22.4 Å². The number of nitro groups is 1. The van der Waals surface area contributed by atoms with Gasteiger partial charge >= 0.3 is 0 Å². The molecule has 1 aromatic heterocycles. The molecule has 132 valence electrons. The quantitative estimate of drug-likeness (QED) is 0.422. The van der Waals surface area contributed by atoms with E-state index >= 15 is 0 Å². The second-order valence-corrected chi connectivity index (χ2v) is 6.92. The maximum atomic E-state index is 12.1. The zero-order chi connectivity index (χ0) is 18.7. The van der Waals surface area contributed by atoms with E-state index in [0.29, 0.717) is 21.4 Å². The Balaban J connectivity index is 1.72. The summed E-state index contributed by atoms with van der Waals surface area (Å²) in [6.45, 7) is -0.233. The van der Waals surface area contributed by atoms with E-state index in [0.717, 1.165) is 9.86 Å². The van der Waals surface area contributed by atoms with Crippen LogP contribution in [0.2, 0.25) is 0 Å². The first-order chi connectivity index (χ1) is 12.5. The van der Waals surface area contributed by atoms with Crippen LogP contribution in [0.1, 0.15) is 0 Å². The SMILES string of the molecule is O=C(COc1c(Br)cc(Br)c2cccnc12)Nc1ccc([N+](=O)[O-])cc1. The maximum absolute atomic E-state index is 12.1. The third kappa shape index (κ3) is 4.00. The van der Waals surface area contributed by atoms with Crippen molar-refractivity contribution in [3.8, 4) is 5.75 Å². The predicted octanol–water partition coefficient (Wildman–Crippen LogP) is 4.69. The van der Waals surface area contributed by atoms with Gasteiger partial charge in [-0.2, -0.15) is 0 Å². The molecule has 0 aliphatic carbocycles. The van der Waals surface area contributed by atoms with Gasteiger partial charge in [-0.15, -0.1) is 0 Å². The van der Waals surface area contributed by atoms with Crippen molar-refractivity contribution in [3.05, 3.63) is 67.7 Å². The fourth-order valence-corrected chi connectivity index (χ4v) is 3.67. The van der Waals surface area contributed by atoms with Gasteiger partial charge in [-0.05, 0) is 40.2 Å². The van der Waals surface area contributed by atoms with Crippen LogP contribution in [-0.2, 0) is 4.79 Å². The summed E-state index contributed by atoms with van der Waals surface area (Å²) in [6.07, 6.45) is 1.64. The molecular weight excluding hydrogens is 470 g/mol. The second-order valence-electron chi connectivity index (χ2n) is 5.21. The molecule has 1 heterocycles. The van der Waals surface area contributed by atoms with Gasteiger partial charge in [-0.1, -0.05) is 22.0 Å². The molecule has 3 aromatic rings. The molecule has 0 saturated heterocycles. The summed E-state index contributed by atoms with van der Waals surface area (Å²) in [5.41, 5.74) is 1.02. The second kappa shape index (κ2) is 7.79. The number of hydrogen-bond donors (Lipinski definition) is 1. The number of fused-ring (bicyclic) bond motifs is 1. The number of carbonyl (C=O) groups excluding carboxylic acids is 1. The predicted molar refractivity (Wildman–Crippen MR) is 104 cm³/mol. The number of benzene rings is 2. The Kier molecular flexibility index (Phi) is 5.48. The largest absolute Gasteiger partial charge is 0.480 e.